The molecule has 0 radical (unpaired) electrons. The van der Waals surface area contributed by atoms with E-state index in [-0.39, 0.29) is 5.78 Å². The molecule has 2 rings (SSSR count). The summed E-state index contributed by atoms with van der Waals surface area (Å²) in [4.78, 5) is 12.0. The second-order valence-corrected chi connectivity index (χ2v) is 5.61. The molecule has 1 aromatic carbocycles. The highest BCUT2D eigenvalue weighted by Crippen LogP contribution is 2.22. The van der Waals surface area contributed by atoms with Crippen LogP contribution in [0.5, 0.6) is 0 Å². The van der Waals surface area contributed by atoms with Gasteiger partial charge >= 0.3 is 0 Å². The number of rotatable bonds is 4. The molecule has 98 valence electrons. The monoisotopic (exact) mass is 285 g/mol. The molecule has 1 aliphatic rings. The molecular weight excluding hydrogens is 269 g/mol. The van der Waals surface area contributed by atoms with Crippen LogP contribution in [0, 0.1) is 0 Å². The van der Waals surface area contributed by atoms with Crippen LogP contribution in [0.15, 0.2) is 18.2 Å². The van der Waals surface area contributed by atoms with Crippen LogP contribution in [0.1, 0.15) is 42.5 Å². The number of halogens is 2. The van der Waals surface area contributed by atoms with E-state index in [1.807, 2.05) is 0 Å². The average Bonchev–Trinajstić information content (AvgIpc) is 2.37. The van der Waals surface area contributed by atoms with Crippen LogP contribution in [0.3, 0.4) is 0 Å². The van der Waals surface area contributed by atoms with Crippen molar-refractivity contribution in [2.24, 2.45) is 0 Å². The Bertz CT molecular complexity index is 428. The Morgan fingerprint density at radius 2 is 1.94 bits per heavy atom. The molecule has 0 unspecified atom stereocenters. The van der Waals surface area contributed by atoms with Crippen molar-refractivity contribution in [1.82, 2.24) is 5.32 Å². The van der Waals surface area contributed by atoms with Gasteiger partial charge in [0.15, 0.2) is 5.78 Å². The molecule has 0 aromatic heterocycles. The molecule has 0 heterocycles. The van der Waals surface area contributed by atoms with E-state index in [4.69, 9.17) is 23.2 Å². The van der Waals surface area contributed by atoms with Gasteiger partial charge in [-0.1, -0.05) is 42.5 Å². The van der Waals surface area contributed by atoms with E-state index in [2.05, 4.69) is 5.32 Å². The van der Waals surface area contributed by atoms with Crippen molar-refractivity contribution in [3.63, 3.8) is 0 Å². The molecule has 1 aromatic rings. The molecule has 1 N–H and O–H groups in total. The van der Waals surface area contributed by atoms with E-state index in [1.54, 1.807) is 18.2 Å². The minimum atomic E-state index is 0.0299. The Labute approximate surface area is 118 Å². The fourth-order valence-electron chi connectivity index (χ4n) is 2.35. The average molecular weight is 286 g/mol. The highest BCUT2D eigenvalue weighted by molar-refractivity contribution is 6.36. The summed E-state index contributed by atoms with van der Waals surface area (Å²) in [6.45, 7) is 0.353. The Morgan fingerprint density at radius 3 is 2.61 bits per heavy atom. The van der Waals surface area contributed by atoms with Crippen molar-refractivity contribution in [3.05, 3.63) is 33.8 Å². The van der Waals surface area contributed by atoms with Gasteiger partial charge in [-0.2, -0.15) is 0 Å². The molecular formula is C14H17Cl2NO. The van der Waals surface area contributed by atoms with Gasteiger partial charge in [0, 0.05) is 16.6 Å². The molecule has 2 nitrogen and oxygen atoms in total. The first-order valence-electron chi connectivity index (χ1n) is 6.38. The van der Waals surface area contributed by atoms with Gasteiger partial charge in [-0.3, -0.25) is 4.79 Å². The number of hydrogen-bond acceptors (Lipinski definition) is 2. The van der Waals surface area contributed by atoms with Gasteiger partial charge in [0.2, 0.25) is 0 Å². The van der Waals surface area contributed by atoms with Crippen LogP contribution in [-0.2, 0) is 0 Å². The summed E-state index contributed by atoms with van der Waals surface area (Å²) in [5, 5.41) is 4.30. The van der Waals surface area contributed by atoms with E-state index in [0.29, 0.717) is 28.2 Å². The van der Waals surface area contributed by atoms with E-state index < -0.39 is 0 Å². The summed E-state index contributed by atoms with van der Waals surface area (Å²) in [6.07, 6.45) is 6.17. The van der Waals surface area contributed by atoms with E-state index >= 15 is 0 Å². The number of carbonyl (C=O) groups is 1. The van der Waals surface area contributed by atoms with Gasteiger partial charge in [-0.15, -0.1) is 0 Å². The Kier molecular flexibility index (Phi) is 5.04. The third kappa shape index (κ3) is 3.71. The Morgan fingerprint density at radius 1 is 1.22 bits per heavy atom. The van der Waals surface area contributed by atoms with Crippen molar-refractivity contribution in [3.8, 4) is 0 Å². The molecule has 0 amide bonds. The molecule has 18 heavy (non-hydrogen) atoms. The topological polar surface area (TPSA) is 29.1 Å². The maximum Gasteiger partial charge on any atom is 0.178 e. The van der Waals surface area contributed by atoms with Gasteiger partial charge < -0.3 is 5.32 Å². The quantitative estimate of drug-likeness (QED) is 0.844. The van der Waals surface area contributed by atoms with E-state index in [9.17, 15) is 4.79 Å². The number of ketones is 1. The highest BCUT2D eigenvalue weighted by Gasteiger charge is 2.16. The third-order valence-corrected chi connectivity index (χ3v) is 3.94. The molecule has 1 fully saturated rings. The Balaban J connectivity index is 1.90. The van der Waals surface area contributed by atoms with Crippen molar-refractivity contribution in [2.45, 2.75) is 38.1 Å². The minimum absolute atomic E-state index is 0.0299. The lowest BCUT2D eigenvalue weighted by Crippen LogP contribution is -2.35. The minimum Gasteiger partial charge on any atom is -0.307 e. The van der Waals surface area contributed by atoms with Gasteiger partial charge in [-0.25, -0.2) is 0 Å². The van der Waals surface area contributed by atoms with Crippen LogP contribution in [-0.4, -0.2) is 18.4 Å². The maximum absolute atomic E-state index is 12.0. The second-order valence-electron chi connectivity index (χ2n) is 4.76. The summed E-state index contributed by atoms with van der Waals surface area (Å²) in [6, 6.07) is 5.47. The van der Waals surface area contributed by atoms with E-state index in [0.717, 1.165) is 0 Å². The van der Waals surface area contributed by atoms with Crippen LogP contribution >= 0.6 is 23.2 Å². The highest BCUT2D eigenvalue weighted by atomic mass is 35.5. The smallest absolute Gasteiger partial charge is 0.178 e. The lowest BCUT2D eigenvalue weighted by molar-refractivity contribution is 0.0985. The van der Waals surface area contributed by atoms with E-state index in [1.165, 1.54) is 32.1 Å². The molecule has 0 aliphatic heterocycles. The van der Waals surface area contributed by atoms with Crippen molar-refractivity contribution >= 4 is 29.0 Å². The summed E-state index contributed by atoms with van der Waals surface area (Å²) in [5.41, 5.74) is 0.546. The van der Waals surface area contributed by atoms with Crippen LogP contribution in [0.25, 0.3) is 0 Å². The van der Waals surface area contributed by atoms with Gasteiger partial charge in [-0.05, 0) is 31.0 Å². The zero-order valence-corrected chi connectivity index (χ0v) is 11.7. The number of Topliss-reactive ketones (excluding diaryl/α,β-unsaturated/α-hetero) is 1. The molecule has 0 spiro atoms. The van der Waals surface area contributed by atoms with Crippen LogP contribution in [0.2, 0.25) is 10.0 Å². The van der Waals surface area contributed by atoms with Gasteiger partial charge in [0.05, 0.1) is 11.6 Å². The second kappa shape index (κ2) is 6.55. The number of hydrogen-bond donors (Lipinski definition) is 1. The summed E-state index contributed by atoms with van der Waals surface area (Å²) < 4.78 is 0. The lowest BCUT2D eigenvalue weighted by Gasteiger charge is -2.22. The van der Waals surface area contributed by atoms with Crippen molar-refractivity contribution < 1.29 is 4.79 Å². The molecule has 0 bridgehead atoms. The van der Waals surface area contributed by atoms with Crippen molar-refractivity contribution in [2.75, 3.05) is 6.54 Å². The van der Waals surface area contributed by atoms with Gasteiger partial charge in [0.1, 0.15) is 0 Å². The fraction of sp³-hybridized carbons (Fsp3) is 0.500. The van der Waals surface area contributed by atoms with Gasteiger partial charge in [0.25, 0.3) is 0 Å². The molecule has 0 atom stereocenters. The Hall–Kier alpha value is -0.570. The normalized spacial score (nSPS) is 16.8. The predicted octanol–water partition coefficient (Wildman–Crippen LogP) is 4.10. The van der Waals surface area contributed by atoms with Crippen LogP contribution < -0.4 is 5.32 Å². The standard InChI is InChI=1S/C14H17Cl2NO/c15-10-6-7-12(13(16)8-10)14(18)9-17-11-4-2-1-3-5-11/h6-8,11,17H,1-5,9H2. The first-order valence-corrected chi connectivity index (χ1v) is 7.14. The fourth-order valence-corrected chi connectivity index (χ4v) is 2.87. The molecule has 4 heteroatoms. The summed E-state index contributed by atoms with van der Waals surface area (Å²) >= 11 is 11.8. The SMILES string of the molecule is O=C(CNC1CCCCC1)c1ccc(Cl)cc1Cl. The largest absolute Gasteiger partial charge is 0.307 e. The lowest BCUT2D eigenvalue weighted by atomic mass is 9.95. The number of carbonyl (C=O) groups excluding carboxylic acids is 1. The summed E-state index contributed by atoms with van der Waals surface area (Å²) in [5.74, 6) is 0.0299. The molecule has 1 aliphatic carbocycles. The van der Waals surface area contributed by atoms with Crippen molar-refractivity contribution in [1.29, 1.82) is 0 Å². The maximum atomic E-state index is 12.0. The third-order valence-electron chi connectivity index (χ3n) is 3.39. The number of nitrogens with one attached hydrogen (secondary N) is 1. The zero-order valence-electron chi connectivity index (χ0n) is 10.2. The summed E-state index contributed by atoms with van der Waals surface area (Å²) in [7, 11) is 0. The first-order chi connectivity index (χ1) is 8.66. The zero-order chi connectivity index (χ0) is 13.0. The molecule has 1 saturated carbocycles. The first kappa shape index (κ1) is 13.9. The molecule has 0 saturated heterocycles. The predicted molar refractivity (Wildman–Crippen MR) is 75.7 cm³/mol. The van der Waals surface area contributed by atoms with Crippen LogP contribution in [0.4, 0.5) is 0 Å². The number of benzene rings is 1.